The molecule has 176 valence electrons. The van der Waals surface area contributed by atoms with E-state index in [1.54, 1.807) is 7.11 Å². The van der Waals surface area contributed by atoms with Crippen LogP contribution in [-0.2, 0) is 19.3 Å². The zero-order valence-electron chi connectivity index (χ0n) is 20.8. The number of ether oxygens (including phenoxy) is 1. The van der Waals surface area contributed by atoms with Crippen LogP contribution in [0.1, 0.15) is 47.8 Å². The highest BCUT2D eigenvalue weighted by atomic mass is 16.5. The summed E-state index contributed by atoms with van der Waals surface area (Å²) in [5, 5.41) is 5.09. The molecule has 34 heavy (non-hydrogen) atoms. The first kappa shape index (κ1) is 22.5. The molecule has 5 rings (SSSR count). The van der Waals surface area contributed by atoms with Gasteiger partial charge in [0.05, 0.1) is 12.8 Å². The Morgan fingerprint density at radius 1 is 1.03 bits per heavy atom. The smallest absolute Gasteiger partial charge is 0.165 e. The average molecular weight is 455 g/mol. The first-order chi connectivity index (χ1) is 16.6. The van der Waals surface area contributed by atoms with Crippen molar-refractivity contribution in [1.29, 1.82) is 0 Å². The molecule has 0 aliphatic heterocycles. The van der Waals surface area contributed by atoms with Crippen molar-refractivity contribution >= 4 is 11.5 Å². The lowest BCUT2D eigenvalue weighted by Crippen LogP contribution is -2.30. The van der Waals surface area contributed by atoms with E-state index >= 15 is 0 Å². The van der Waals surface area contributed by atoms with Crippen molar-refractivity contribution < 1.29 is 4.74 Å². The topological polar surface area (TPSA) is 42.7 Å². The van der Waals surface area contributed by atoms with Crippen LogP contribution in [0.5, 0.6) is 5.75 Å². The highest BCUT2D eigenvalue weighted by Gasteiger charge is 2.27. The largest absolute Gasteiger partial charge is 0.497 e. The number of hydrogen-bond donors (Lipinski definition) is 0. The molecule has 1 aliphatic carbocycles. The van der Waals surface area contributed by atoms with Crippen molar-refractivity contribution in [3.8, 4) is 16.9 Å². The van der Waals surface area contributed by atoms with Crippen molar-refractivity contribution in [3.05, 3.63) is 76.6 Å². The van der Waals surface area contributed by atoms with E-state index in [4.69, 9.17) is 14.8 Å². The SMILES string of the molecule is CCCN(CCc1ccccc1)c1c2c(nc3c(-c4ccc(OC)cc4C)c(C)nn13)CCC2. The van der Waals surface area contributed by atoms with Crippen LogP contribution in [0.4, 0.5) is 5.82 Å². The lowest BCUT2D eigenvalue weighted by Gasteiger charge is -2.27. The summed E-state index contributed by atoms with van der Waals surface area (Å²) in [6.07, 6.45) is 5.40. The van der Waals surface area contributed by atoms with Gasteiger partial charge < -0.3 is 9.64 Å². The molecule has 0 saturated carbocycles. The lowest BCUT2D eigenvalue weighted by molar-refractivity contribution is 0.414. The zero-order chi connectivity index (χ0) is 23.7. The number of benzene rings is 2. The maximum atomic E-state index is 5.44. The third-order valence-corrected chi connectivity index (χ3v) is 6.95. The van der Waals surface area contributed by atoms with E-state index in [1.807, 2.05) is 6.07 Å². The van der Waals surface area contributed by atoms with Gasteiger partial charge in [-0.1, -0.05) is 43.3 Å². The van der Waals surface area contributed by atoms with Gasteiger partial charge in [0.15, 0.2) is 5.65 Å². The second-order valence-electron chi connectivity index (χ2n) is 9.31. The van der Waals surface area contributed by atoms with Gasteiger partial charge in [-0.15, -0.1) is 0 Å². The number of hydrogen-bond acceptors (Lipinski definition) is 4. The third-order valence-electron chi connectivity index (χ3n) is 6.95. The van der Waals surface area contributed by atoms with E-state index in [2.05, 4.69) is 72.7 Å². The summed E-state index contributed by atoms with van der Waals surface area (Å²) < 4.78 is 7.58. The molecule has 0 amide bonds. The number of anilines is 1. The molecular formula is C29H34N4O. The molecule has 0 radical (unpaired) electrons. The highest BCUT2D eigenvalue weighted by molar-refractivity contribution is 5.83. The van der Waals surface area contributed by atoms with Crippen LogP contribution in [0.3, 0.4) is 0 Å². The predicted molar refractivity (Wildman–Crippen MR) is 139 cm³/mol. The van der Waals surface area contributed by atoms with Crippen LogP contribution in [0, 0.1) is 13.8 Å². The van der Waals surface area contributed by atoms with Crippen molar-refractivity contribution in [2.75, 3.05) is 25.1 Å². The van der Waals surface area contributed by atoms with Crippen LogP contribution in [0.15, 0.2) is 48.5 Å². The quantitative estimate of drug-likeness (QED) is 0.329. The summed E-state index contributed by atoms with van der Waals surface area (Å²) in [6.45, 7) is 8.48. The van der Waals surface area contributed by atoms with E-state index in [1.165, 1.54) is 33.8 Å². The van der Waals surface area contributed by atoms with Gasteiger partial charge in [0.1, 0.15) is 11.6 Å². The molecule has 2 aromatic heterocycles. The molecule has 4 aromatic rings. The number of rotatable bonds is 8. The molecular weight excluding hydrogens is 420 g/mol. The second-order valence-corrected chi connectivity index (χ2v) is 9.31. The van der Waals surface area contributed by atoms with E-state index in [0.29, 0.717) is 0 Å². The van der Waals surface area contributed by atoms with Gasteiger partial charge >= 0.3 is 0 Å². The number of methoxy groups -OCH3 is 1. The van der Waals surface area contributed by atoms with Crippen LogP contribution in [0.2, 0.25) is 0 Å². The summed E-state index contributed by atoms with van der Waals surface area (Å²) in [4.78, 5) is 7.75. The minimum absolute atomic E-state index is 0.875. The Bertz CT molecular complexity index is 1310. The zero-order valence-corrected chi connectivity index (χ0v) is 20.8. The summed E-state index contributed by atoms with van der Waals surface area (Å²) >= 11 is 0. The molecule has 0 bridgehead atoms. The fourth-order valence-electron chi connectivity index (χ4n) is 5.30. The Morgan fingerprint density at radius 2 is 1.85 bits per heavy atom. The Hall–Kier alpha value is -3.34. The van der Waals surface area contributed by atoms with Crippen molar-refractivity contribution in [1.82, 2.24) is 14.6 Å². The Labute approximate surface area is 202 Å². The molecule has 0 saturated heterocycles. The minimum atomic E-state index is 0.875. The van der Waals surface area contributed by atoms with Crippen LogP contribution in [0.25, 0.3) is 16.8 Å². The maximum absolute atomic E-state index is 5.44. The van der Waals surface area contributed by atoms with Gasteiger partial charge in [-0.3, -0.25) is 0 Å². The molecule has 2 aromatic carbocycles. The van der Waals surface area contributed by atoms with Gasteiger partial charge in [0, 0.05) is 29.9 Å². The Morgan fingerprint density at radius 3 is 2.59 bits per heavy atom. The van der Waals surface area contributed by atoms with Crippen molar-refractivity contribution in [3.63, 3.8) is 0 Å². The summed E-state index contributed by atoms with van der Waals surface area (Å²) in [6, 6.07) is 17.1. The monoisotopic (exact) mass is 454 g/mol. The maximum Gasteiger partial charge on any atom is 0.165 e. The highest BCUT2D eigenvalue weighted by Crippen LogP contribution is 2.37. The summed E-state index contributed by atoms with van der Waals surface area (Å²) in [5.41, 5.74) is 9.48. The van der Waals surface area contributed by atoms with Gasteiger partial charge in [0.25, 0.3) is 0 Å². The lowest BCUT2D eigenvalue weighted by atomic mass is 10.0. The minimum Gasteiger partial charge on any atom is -0.497 e. The molecule has 0 fully saturated rings. The standard InChI is InChI=1S/C29H34N4O/c1-5-17-32(18-16-22-10-7-6-8-11-22)29-25-12-9-13-26(25)30-28-27(21(3)31-33(28)29)24-15-14-23(34-4)19-20(24)2/h6-8,10-11,14-15,19H,5,9,12-13,16-18H2,1-4H3. The molecule has 0 atom stereocenters. The fraction of sp³-hybridized carbons (Fsp3) is 0.379. The van der Waals surface area contributed by atoms with Gasteiger partial charge in [-0.25, -0.2) is 4.98 Å². The third kappa shape index (κ3) is 4.04. The Kier molecular flexibility index (Phi) is 6.27. The molecule has 0 spiro atoms. The number of nitrogens with zero attached hydrogens (tertiary/aromatic N) is 4. The summed E-state index contributed by atoms with van der Waals surface area (Å²) in [7, 11) is 1.71. The second kappa shape index (κ2) is 9.49. The van der Waals surface area contributed by atoms with E-state index in [0.717, 1.165) is 67.8 Å². The average Bonchev–Trinajstić information content (AvgIpc) is 3.44. The van der Waals surface area contributed by atoms with Crippen LogP contribution >= 0.6 is 0 Å². The summed E-state index contributed by atoms with van der Waals surface area (Å²) in [5.74, 6) is 2.12. The molecule has 5 heteroatoms. The van der Waals surface area contributed by atoms with Gasteiger partial charge in [-0.05, 0) is 74.8 Å². The van der Waals surface area contributed by atoms with Crippen LogP contribution < -0.4 is 9.64 Å². The Balaban J connectivity index is 1.65. The fourth-order valence-corrected chi connectivity index (χ4v) is 5.30. The van der Waals surface area contributed by atoms with E-state index in [-0.39, 0.29) is 0 Å². The van der Waals surface area contributed by atoms with Gasteiger partial charge in [0.2, 0.25) is 0 Å². The first-order valence-electron chi connectivity index (χ1n) is 12.5. The number of fused-ring (bicyclic) bond motifs is 2. The number of aryl methyl sites for hydroxylation is 3. The van der Waals surface area contributed by atoms with Crippen molar-refractivity contribution in [2.45, 2.75) is 52.9 Å². The normalized spacial score (nSPS) is 12.8. The van der Waals surface area contributed by atoms with Crippen LogP contribution in [-0.4, -0.2) is 34.8 Å². The molecule has 0 unspecified atom stereocenters. The van der Waals surface area contributed by atoms with E-state index in [9.17, 15) is 0 Å². The predicted octanol–water partition coefficient (Wildman–Crippen LogP) is 5.97. The number of aromatic nitrogens is 3. The molecule has 5 nitrogen and oxygen atoms in total. The van der Waals surface area contributed by atoms with Gasteiger partial charge in [-0.2, -0.15) is 9.61 Å². The molecule has 0 N–H and O–H groups in total. The van der Waals surface area contributed by atoms with Crippen molar-refractivity contribution in [2.24, 2.45) is 0 Å². The molecule has 2 heterocycles. The first-order valence-corrected chi connectivity index (χ1v) is 12.5. The van der Waals surface area contributed by atoms with E-state index < -0.39 is 0 Å². The molecule has 1 aliphatic rings.